The van der Waals surface area contributed by atoms with Gasteiger partial charge >= 0.3 is 6.18 Å². The van der Waals surface area contributed by atoms with Gasteiger partial charge in [-0.1, -0.05) is 36.7 Å². The molecule has 4 rings (SSSR count). The first kappa shape index (κ1) is 26.8. The van der Waals surface area contributed by atoms with Gasteiger partial charge in [0.25, 0.3) is 5.56 Å². The fourth-order valence-electron chi connectivity index (χ4n) is 4.11. The third kappa shape index (κ3) is 6.37. The van der Waals surface area contributed by atoms with Crippen LogP contribution in [0.4, 0.5) is 17.6 Å². The molecule has 1 aliphatic rings. The molecule has 3 aromatic rings. The third-order valence-electron chi connectivity index (χ3n) is 6.21. The van der Waals surface area contributed by atoms with Crippen molar-refractivity contribution < 1.29 is 27.1 Å². The van der Waals surface area contributed by atoms with E-state index in [1.54, 1.807) is 19.1 Å². The van der Waals surface area contributed by atoms with Crippen LogP contribution >= 0.6 is 11.6 Å². The Morgan fingerprint density at radius 2 is 1.97 bits per heavy atom. The standard InChI is InChI=1S/C26H24ClF4N3O3/c1-2-18-11-21(35)34-24(33-18)22-20(26(29,30)31)7-6-15(23(22)28)12-32-25(36)16-9-19(10-16)37-13-14-4-3-5-17(27)8-14/h3-8,11,16,19H,2,9-10,12-13H2,1H3,(H,32,36)(H,33,34,35)/t16-,19-. The van der Waals surface area contributed by atoms with E-state index in [1.165, 1.54) is 0 Å². The average Bonchev–Trinajstić information content (AvgIpc) is 2.81. The molecule has 6 nitrogen and oxygen atoms in total. The largest absolute Gasteiger partial charge is 0.417 e. The zero-order valence-corrected chi connectivity index (χ0v) is 20.5. The number of hydrogen-bond donors (Lipinski definition) is 2. The van der Waals surface area contributed by atoms with Crippen LogP contribution in [-0.2, 0) is 35.3 Å². The second kappa shape index (κ2) is 11.0. The number of alkyl halides is 3. The van der Waals surface area contributed by atoms with Gasteiger partial charge in [-0.3, -0.25) is 9.59 Å². The van der Waals surface area contributed by atoms with Crippen molar-refractivity contribution in [3.05, 3.63) is 86.0 Å². The number of rotatable bonds is 8. The summed E-state index contributed by atoms with van der Waals surface area (Å²) in [6.07, 6.45) is -3.77. The van der Waals surface area contributed by atoms with E-state index in [0.717, 1.165) is 23.8 Å². The van der Waals surface area contributed by atoms with Crippen molar-refractivity contribution in [2.24, 2.45) is 5.92 Å². The molecular weight excluding hydrogens is 514 g/mol. The first-order valence-corrected chi connectivity index (χ1v) is 12.1. The molecule has 0 saturated heterocycles. The minimum atomic E-state index is -4.88. The molecule has 2 aromatic carbocycles. The molecule has 0 spiro atoms. The number of aromatic nitrogens is 2. The van der Waals surface area contributed by atoms with Crippen LogP contribution in [0.5, 0.6) is 0 Å². The van der Waals surface area contributed by atoms with Crippen LogP contribution in [0.2, 0.25) is 5.02 Å². The Labute approximate surface area is 215 Å². The maximum atomic E-state index is 15.4. The number of carbonyl (C=O) groups is 1. The number of ether oxygens (including phenoxy) is 1. The lowest BCUT2D eigenvalue weighted by molar-refractivity contribution is -0.137. The molecule has 2 N–H and O–H groups in total. The van der Waals surface area contributed by atoms with Crippen molar-refractivity contribution in [2.45, 2.75) is 51.6 Å². The summed E-state index contributed by atoms with van der Waals surface area (Å²) in [4.78, 5) is 30.7. The highest BCUT2D eigenvalue weighted by Crippen LogP contribution is 2.38. The summed E-state index contributed by atoms with van der Waals surface area (Å²) in [6.45, 7) is 1.71. The molecule has 1 aromatic heterocycles. The monoisotopic (exact) mass is 537 g/mol. The van der Waals surface area contributed by atoms with Crippen molar-refractivity contribution in [3.8, 4) is 11.4 Å². The van der Waals surface area contributed by atoms with Crippen LogP contribution in [0.1, 0.15) is 42.1 Å². The summed E-state index contributed by atoms with van der Waals surface area (Å²) in [5.74, 6) is -2.41. The Hall–Kier alpha value is -3.24. The number of halogens is 5. The summed E-state index contributed by atoms with van der Waals surface area (Å²) >= 11 is 5.96. The van der Waals surface area contributed by atoms with Gasteiger partial charge in [0.2, 0.25) is 5.91 Å². The fourth-order valence-corrected chi connectivity index (χ4v) is 4.33. The van der Waals surface area contributed by atoms with Gasteiger partial charge in [0, 0.05) is 34.8 Å². The lowest BCUT2D eigenvalue weighted by atomic mass is 9.81. The van der Waals surface area contributed by atoms with Gasteiger partial charge in [-0.2, -0.15) is 13.2 Å². The number of carbonyl (C=O) groups excluding carboxylic acids is 1. The molecule has 0 unspecified atom stereocenters. The zero-order chi connectivity index (χ0) is 26.7. The van der Waals surface area contributed by atoms with E-state index in [0.29, 0.717) is 24.5 Å². The summed E-state index contributed by atoms with van der Waals surface area (Å²) in [7, 11) is 0. The fraction of sp³-hybridized carbons (Fsp3) is 0.346. The van der Waals surface area contributed by atoms with Gasteiger partial charge in [-0.25, -0.2) is 9.37 Å². The maximum absolute atomic E-state index is 15.4. The third-order valence-corrected chi connectivity index (χ3v) is 6.45. The minimum Gasteiger partial charge on any atom is -0.373 e. The van der Waals surface area contributed by atoms with Gasteiger partial charge in [-0.05, 0) is 43.0 Å². The van der Waals surface area contributed by atoms with Crippen molar-refractivity contribution in [2.75, 3.05) is 0 Å². The quantitative estimate of drug-likeness (QED) is 0.376. The SMILES string of the molecule is CCc1cc(=O)[nH]c(-c2c(C(F)(F)F)ccc(CNC(=O)[C@H]3C[C@H](OCc4cccc(Cl)c4)C3)c2F)n1. The Morgan fingerprint density at radius 3 is 2.65 bits per heavy atom. The van der Waals surface area contributed by atoms with E-state index in [9.17, 15) is 22.8 Å². The van der Waals surface area contributed by atoms with Crippen LogP contribution in [0, 0.1) is 11.7 Å². The van der Waals surface area contributed by atoms with Crippen molar-refractivity contribution in [1.29, 1.82) is 0 Å². The molecule has 1 aliphatic carbocycles. The molecule has 0 radical (unpaired) electrons. The van der Waals surface area contributed by atoms with Gasteiger partial charge in [0.1, 0.15) is 11.6 Å². The van der Waals surface area contributed by atoms with Crippen molar-refractivity contribution in [1.82, 2.24) is 15.3 Å². The normalized spacial score (nSPS) is 17.4. The highest BCUT2D eigenvalue weighted by atomic mass is 35.5. The Kier molecular flexibility index (Phi) is 7.99. The predicted molar refractivity (Wildman–Crippen MR) is 129 cm³/mol. The molecular formula is C26H24ClF4N3O3. The van der Waals surface area contributed by atoms with E-state index in [-0.39, 0.29) is 42.2 Å². The number of nitrogens with one attached hydrogen (secondary N) is 2. The van der Waals surface area contributed by atoms with Crippen LogP contribution in [0.25, 0.3) is 11.4 Å². The average molecular weight is 538 g/mol. The number of benzene rings is 2. The molecule has 0 bridgehead atoms. The van der Waals surface area contributed by atoms with Gasteiger partial charge in [0.05, 0.1) is 23.8 Å². The molecule has 1 heterocycles. The van der Waals surface area contributed by atoms with Crippen LogP contribution in [0.3, 0.4) is 0 Å². The van der Waals surface area contributed by atoms with Crippen LogP contribution < -0.4 is 10.9 Å². The second-order valence-corrected chi connectivity index (χ2v) is 9.28. The molecule has 0 aliphatic heterocycles. The van der Waals surface area contributed by atoms with Gasteiger partial charge in [-0.15, -0.1) is 0 Å². The molecule has 1 saturated carbocycles. The lowest BCUT2D eigenvalue weighted by Gasteiger charge is -2.34. The molecule has 1 amide bonds. The van der Waals surface area contributed by atoms with E-state index >= 15 is 4.39 Å². The second-order valence-electron chi connectivity index (χ2n) is 8.85. The number of H-pyrrole nitrogens is 1. The van der Waals surface area contributed by atoms with E-state index in [2.05, 4.69) is 15.3 Å². The summed E-state index contributed by atoms with van der Waals surface area (Å²) in [5.41, 5.74) is -1.84. The predicted octanol–water partition coefficient (Wildman–Crippen LogP) is 5.42. The van der Waals surface area contributed by atoms with Gasteiger partial charge in [0.15, 0.2) is 0 Å². The topological polar surface area (TPSA) is 84.1 Å². The Bertz CT molecular complexity index is 1350. The summed E-state index contributed by atoms with van der Waals surface area (Å²) < 4.78 is 62.1. The number of aromatic amines is 1. The Balaban J connectivity index is 1.43. The number of amides is 1. The molecule has 37 heavy (non-hydrogen) atoms. The van der Waals surface area contributed by atoms with Crippen LogP contribution in [0.15, 0.2) is 47.3 Å². The molecule has 1 fully saturated rings. The maximum Gasteiger partial charge on any atom is 0.417 e. The van der Waals surface area contributed by atoms with E-state index in [1.807, 2.05) is 12.1 Å². The smallest absolute Gasteiger partial charge is 0.373 e. The lowest BCUT2D eigenvalue weighted by Crippen LogP contribution is -2.42. The van der Waals surface area contributed by atoms with Crippen molar-refractivity contribution >= 4 is 17.5 Å². The van der Waals surface area contributed by atoms with Crippen LogP contribution in [-0.4, -0.2) is 22.0 Å². The minimum absolute atomic E-state index is 0.113. The number of nitrogens with zero attached hydrogens (tertiary/aromatic N) is 1. The molecule has 0 atom stereocenters. The van der Waals surface area contributed by atoms with E-state index in [4.69, 9.17) is 16.3 Å². The van der Waals surface area contributed by atoms with Gasteiger partial charge < -0.3 is 15.0 Å². The summed E-state index contributed by atoms with van der Waals surface area (Å²) in [5, 5.41) is 3.19. The molecule has 11 heteroatoms. The highest BCUT2D eigenvalue weighted by molar-refractivity contribution is 6.30. The number of hydrogen-bond acceptors (Lipinski definition) is 4. The highest BCUT2D eigenvalue weighted by Gasteiger charge is 2.38. The van der Waals surface area contributed by atoms with Crippen molar-refractivity contribution in [3.63, 3.8) is 0 Å². The first-order chi connectivity index (χ1) is 17.5. The Morgan fingerprint density at radius 1 is 1.22 bits per heavy atom. The van der Waals surface area contributed by atoms with E-state index < -0.39 is 34.5 Å². The zero-order valence-electron chi connectivity index (χ0n) is 19.8. The molecule has 196 valence electrons. The summed E-state index contributed by atoms with van der Waals surface area (Å²) in [6, 6.07) is 10.1. The number of aryl methyl sites for hydroxylation is 1. The first-order valence-electron chi connectivity index (χ1n) is 11.7.